The van der Waals surface area contributed by atoms with Gasteiger partial charge in [0.25, 0.3) is 5.91 Å². The highest BCUT2D eigenvalue weighted by Crippen LogP contribution is 2.25. The summed E-state index contributed by atoms with van der Waals surface area (Å²) in [6.07, 6.45) is 5.33. The second kappa shape index (κ2) is 9.59. The SMILES string of the molecule is CSCCNC(=O)c1cccnc1Oc1ccc(Nc2ccccn2)cc1. The van der Waals surface area contributed by atoms with E-state index in [2.05, 4.69) is 20.6 Å². The van der Waals surface area contributed by atoms with Crippen molar-refractivity contribution in [1.82, 2.24) is 15.3 Å². The molecule has 0 aliphatic rings. The van der Waals surface area contributed by atoms with Gasteiger partial charge in [-0.25, -0.2) is 9.97 Å². The van der Waals surface area contributed by atoms with Gasteiger partial charge in [-0.1, -0.05) is 6.07 Å². The van der Waals surface area contributed by atoms with Crippen molar-refractivity contribution in [1.29, 1.82) is 0 Å². The van der Waals surface area contributed by atoms with Crippen LogP contribution in [0.4, 0.5) is 11.5 Å². The van der Waals surface area contributed by atoms with Crippen LogP contribution in [0.2, 0.25) is 0 Å². The summed E-state index contributed by atoms with van der Waals surface area (Å²) in [5.74, 6) is 2.30. The first-order chi connectivity index (χ1) is 13.3. The molecule has 0 aliphatic heterocycles. The lowest BCUT2D eigenvalue weighted by atomic mass is 10.2. The molecule has 6 nitrogen and oxygen atoms in total. The van der Waals surface area contributed by atoms with E-state index in [9.17, 15) is 4.79 Å². The number of hydrogen-bond donors (Lipinski definition) is 2. The van der Waals surface area contributed by atoms with E-state index in [0.29, 0.717) is 17.9 Å². The van der Waals surface area contributed by atoms with Crippen molar-refractivity contribution in [2.75, 3.05) is 23.9 Å². The van der Waals surface area contributed by atoms with E-state index in [1.54, 1.807) is 36.3 Å². The van der Waals surface area contributed by atoms with E-state index >= 15 is 0 Å². The van der Waals surface area contributed by atoms with Gasteiger partial charge in [0, 0.05) is 30.4 Å². The van der Waals surface area contributed by atoms with Gasteiger partial charge in [-0.3, -0.25) is 4.79 Å². The Hall–Kier alpha value is -3.06. The minimum atomic E-state index is -0.194. The standard InChI is InChI=1S/C20H20N4O2S/c1-27-14-13-22-19(25)17-5-4-12-23-20(17)26-16-9-7-15(8-10-16)24-18-6-2-3-11-21-18/h2-12H,13-14H2,1H3,(H,21,24)(H,22,25). The number of carbonyl (C=O) groups is 1. The van der Waals surface area contributed by atoms with Crippen molar-refractivity contribution in [3.63, 3.8) is 0 Å². The van der Waals surface area contributed by atoms with E-state index in [-0.39, 0.29) is 11.8 Å². The molecule has 138 valence electrons. The second-order valence-electron chi connectivity index (χ2n) is 5.57. The van der Waals surface area contributed by atoms with Crippen molar-refractivity contribution in [2.24, 2.45) is 0 Å². The Kier molecular flexibility index (Phi) is 6.65. The lowest BCUT2D eigenvalue weighted by Crippen LogP contribution is -2.26. The van der Waals surface area contributed by atoms with Gasteiger partial charge in [0.15, 0.2) is 0 Å². The number of pyridine rings is 2. The molecule has 1 amide bonds. The first-order valence-corrected chi connectivity index (χ1v) is 9.84. The van der Waals surface area contributed by atoms with E-state index in [0.717, 1.165) is 17.3 Å². The van der Waals surface area contributed by atoms with Gasteiger partial charge < -0.3 is 15.4 Å². The molecule has 0 spiro atoms. The fraction of sp³-hybridized carbons (Fsp3) is 0.150. The molecule has 0 fully saturated rings. The summed E-state index contributed by atoms with van der Waals surface area (Å²) in [7, 11) is 0. The van der Waals surface area contributed by atoms with Crippen molar-refractivity contribution < 1.29 is 9.53 Å². The van der Waals surface area contributed by atoms with Crippen molar-refractivity contribution >= 4 is 29.2 Å². The van der Waals surface area contributed by atoms with Crippen molar-refractivity contribution in [3.8, 4) is 11.6 Å². The van der Waals surface area contributed by atoms with Gasteiger partial charge in [0.2, 0.25) is 5.88 Å². The number of nitrogens with one attached hydrogen (secondary N) is 2. The van der Waals surface area contributed by atoms with Crippen LogP contribution in [0.1, 0.15) is 10.4 Å². The highest BCUT2D eigenvalue weighted by molar-refractivity contribution is 7.98. The Bertz CT molecular complexity index is 873. The molecule has 0 saturated heterocycles. The van der Waals surface area contributed by atoms with Crippen LogP contribution in [0.3, 0.4) is 0 Å². The molecular weight excluding hydrogens is 360 g/mol. The predicted octanol–water partition coefficient (Wildman–Crippen LogP) is 4.11. The minimum Gasteiger partial charge on any atom is -0.438 e. The number of nitrogens with zero attached hydrogens (tertiary/aromatic N) is 2. The molecule has 3 rings (SSSR count). The van der Waals surface area contributed by atoms with E-state index in [1.165, 1.54) is 0 Å². The maximum Gasteiger partial charge on any atom is 0.256 e. The highest BCUT2D eigenvalue weighted by atomic mass is 32.2. The molecule has 2 heterocycles. The summed E-state index contributed by atoms with van der Waals surface area (Å²) >= 11 is 1.68. The van der Waals surface area contributed by atoms with Crippen LogP contribution >= 0.6 is 11.8 Å². The Labute approximate surface area is 162 Å². The number of amides is 1. The lowest BCUT2D eigenvalue weighted by molar-refractivity contribution is 0.0953. The van der Waals surface area contributed by atoms with Gasteiger partial charge in [-0.2, -0.15) is 11.8 Å². The van der Waals surface area contributed by atoms with Gasteiger partial charge in [0.05, 0.1) is 0 Å². The summed E-state index contributed by atoms with van der Waals surface area (Å²) in [5.41, 5.74) is 1.30. The first-order valence-electron chi connectivity index (χ1n) is 8.44. The lowest BCUT2D eigenvalue weighted by Gasteiger charge is -2.11. The Morgan fingerprint density at radius 1 is 1.04 bits per heavy atom. The van der Waals surface area contributed by atoms with E-state index in [4.69, 9.17) is 4.74 Å². The molecule has 0 saturated carbocycles. The van der Waals surface area contributed by atoms with Crippen LogP contribution in [0.25, 0.3) is 0 Å². The van der Waals surface area contributed by atoms with Gasteiger partial charge in [-0.15, -0.1) is 0 Å². The van der Waals surface area contributed by atoms with E-state index in [1.807, 2.05) is 48.7 Å². The average Bonchev–Trinajstić information content (AvgIpc) is 2.71. The third-order valence-corrected chi connectivity index (χ3v) is 4.23. The quantitative estimate of drug-likeness (QED) is 0.573. The number of aromatic nitrogens is 2. The predicted molar refractivity (Wildman–Crippen MR) is 109 cm³/mol. The summed E-state index contributed by atoms with van der Waals surface area (Å²) in [6, 6.07) is 16.5. The molecule has 27 heavy (non-hydrogen) atoms. The molecule has 0 radical (unpaired) electrons. The topological polar surface area (TPSA) is 76.1 Å². The van der Waals surface area contributed by atoms with Crippen LogP contribution in [-0.4, -0.2) is 34.4 Å². The number of anilines is 2. The maximum absolute atomic E-state index is 12.3. The highest BCUT2D eigenvalue weighted by Gasteiger charge is 2.13. The normalized spacial score (nSPS) is 10.3. The molecule has 2 aromatic heterocycles. The fourth-order valence-corrected chi connectivity index (χ4v) is 2.62. The van der Waals surface area contributed by atoms with Gasteiger partial charge in [0.1, 0.15) is 17.1 Å². The van der Waals surface area contributed by atoms with Crippen molar-refractivity contribution in [3.05, 3.63) is 72.6 Å². The van der Waals surface area contributed by atoms with Gasteiger partial charge >= 0.3 is 0 Å². The Morgan fingerprint density at radius 2 is 1.85 bits per heavy atom. The molecule has 1 aromatic carbocycles. The molecule has 0 bridgehead atoms. The summed E-state index contributed by atoms with van der Waals surface area (Å²) in [5, 5.41) is 6.07. The van der Waals surface area contributed by atoms with Gasteiger partial charge in [-0.05, 0) is 54.8 Å². The van der Waals surface area contributed by atoms with Crippen LogP contribution in [0.5, 0.6) is 11.6 Å². The molecule has 7 heteroatoms. The number of benzene rings is 1. The molecule has 2 N–H and O–H groups in total. The zero-order chi connectivity index (χ0) is 18.9. The van der Waals surface area contributed by atoms with Crippen molar-refractivity contribution in [2.45, 2.75) is 0 Å². The summed E-state index contributed by atoms with van der Waals surface area (Å²) < 4.78 is 5.82. The zero-order valence-corrected chi connectivity index (χ0v) is 15.7. The maximum atomic E-state index is 12.3. The number of hydrogen-bond acceptors (Lipinski definition) is 6. The largest absolute Gasteiger partial charge is 0.438 e. The molecule has 3 aromatic rings. The number of ether oxygens (including phenoxy) is 1. The smallest absolute Gasteiger partial charge is 0.256 e. The molecule has 0 unspecified atom stereocenters. The summed E-state index contributed by atoms with van der Waals surface area (Å²) in [4.78, 5) is 20.8. The first kappa shape index (κ1) is 18.7. The molecule has 0 atom stereocenters. The van der Waals surface area contributed by atoms with Crippen LogP contribution in [0, 0.1) is 0 Å². The third kappa shape index (κ3) is 5.46. The molecular formula is C20H20N4O2S. The fourth-order valence-electron chi connectivity index (χ4n) is 2.31. The third-order valence-electron chi connectivity index (χ3n) is 3.61. The zero-order valence-electron chi connectivity index (χ0n) is 14.9. The Balaban J connectivity index is 1.67. The monoisotopic (exact) mass is 380 g/mol. The molecule has 0 aliphatic carbocycles. The average molecular weight is 380 g/mol. The van der Waals surface area contributed by atoms with Crippen LogP contribution in [-0.2, 0) is 0 Å². The second-order valence-corrected chi connectivity index (χ2v) is 6.56. The number of carbonyl (C=O) groups excluding carboxylic acids is 1. The van der Waals surface area contributed by atoms with Crippen LogP contribution in [0.15, 0.2) is 67.0 Å². The van der Waals surface area contributed by atoms with Crippen LogP contribution < -0.4 is 15.4 Å². The van der Waals surface area contributed by atoms with E-state index < -0.39 is 0 Å². The number of rotatable bonds is 8. The Morgan fingerprint density at radius 3 is 2.59 bits per heavy atom. The number of thioether (sulfide) groups is 1. The summed E-state index contributed by atoms with van der Waals surface area (Å²) in [6.45, 7) is 0.599. The minimum absolute atomic E-state index is 0.194.